The Morgan fingerprint density at radius 3 is 2.21 bits per heavy atom. The van der Waals surface area contributed by atoms with Gasteiger partial charge in [0.15, 0.2) is 21.2 Å². The van der Waals surface area contributed by atoms with E-state index in [2.05, 4.69) is 0 Å². The average Bonchev–Trinajstić information content (AvgIpc) is 3.55. The van der Waals surface area contributed by atoms with Gasteiger partial charge >= 0.3 is 5.97 Å². The quantitative estimate of drug-likeness (QED) is 0.520. The number of methoxy groups -OCH3 is 1. The van der Waals surface area contributed by atoms with Gasteiger partial charge in [-0.15, -0.1) is 0 Å². The molecule has 0 saturated heterocycles. The molecule has 2 fully saturated rings. The van der Waals surface area contributed by atoms with Crippen LogP contribution in [0.15, 0.2) is 59.5 Å². The van der Waals surface area contributed by atoms with Crippen molar-refractivity contribution in [1.82, 2.24) is 4.90 Å². The van der Waals surface area contributed by atoms with Crippen LogP contribution >= 0.6 is 0 Å². The van der Waals surface area contributed by atoms with Crippen LogP contribution in [-0.4, -0.2) is 49.7 Å². The van der Waals surface area contributed by atoms with Crippen molar-refractivity contribution in [3.8, 4) is 5.75 Å². The second kappa shape index (κ2) is 9.55. The van der Waals surface area contributed by atoms with E-state index in [9.17, 15) is 18.0 Å². The lowest BCUT2D eigenvalue weighted by atomic mass is 10.1. The predicted octanol–water partition coefficient (Wildman–Crippen LogP) is 3.52. The van der Waals surface area contributed by atoms with Gasteiger partial charge in [0, 0.05) is 12.6 Å². The van der Waals surface area contributed by atoms with Gasteiger partial charge in [-0.05, 0) is 55.5 Å². The van der Waals surface area contributed by atoms with Gasteiger partial charge in [0.2, 0.25) is 0 Å². The molecule has 0 heterocycles. The van der Waals surface area contributed by atoms with Gasteiger partial charge in [0.1, 0.15) is 5.75 Å². The minimum Gasteiger partial charge on any atom is -0.497 e. The van der Waals surface area contributed by atoms with Crippen molar-refractivity contribution in [2.45, 2.75) is 60.8 Å². The smallest absolute Gasteiger partial charge is 0.328 e. The van der Waals surface area contributed by atoms with Gasteiger partial charge in [-0.3, -0.25) is 9.59 Å². The highest BCUT2D eigenvalue weighted by atomic mass is 32.2. The van der Waals surface area contributed by atoms with Crippen molar-refractivity contribution >= 4 is 21.7 Å². The SMILES string of the molecule is COc1ccc(CN(C(=O)COC(=O)C2(S(=O)(=O)c3ccccc3)CCCC2)C2CC2)cc1. The summed E-state index contributed by atoms with van der Waals surface area (Å²) in [4.78, 5) is 27.9. The van der Waals surface area contributed by atoms with Gasteiger partial charge in [-0.1, -0.05) is 43.2 Å². The molecule has 1 amide bonds. The van der Waals surface area contributed by atoms with E-state index in [1.54, 1.807) is 30.2 Å². The third-order valence-corrected chi connectivity index (χ3v) is 8.99. The summed E-state index contributed by atoms with van der Waals surface area (Å²) in [5.74, 6) is -0.400. The third-order valence-electron chi connectivity index (χ3n) is 6.50. The molecular formula is C25H29NO6S. The van der Waals surface area contributed by atoms with E-state index >= 15 is 0 Å². The molecule has 8 heteroatoms. The fraction of sp³-hybridized carbons (Fsp3) is 0.440. The number of sulfone groups is 1. The molecular weight excluding hydrogens is 442 g/mol. The Bertz CT molecular complexity index is 1090. The van der Waals surface area contributed by atoms with E-state index in [4.69, 9.17) is 9.47 Å². The number of carbonyl (C=O) groups is 2. The van der Waals surface area contributed by atoms with Crippen LogP contribution < -0.4 is 4.74 Å². The molecule has 2 aliphatic rings. The zero-order valence-electron chi connectivity index (χ0n) is 18.7. The Hall–Kier alpha value is -2.87. The molecule has 0 unspecified atom stereocenters. The van der Waals surface area contributed by atoms with Gasteiger partial charge in [-0.2, -0.15) is 0 Å². The summed E-state index contributed by atoms with van der Waals surface area (Å²) in [7, 11) is -2.34. The zero-order valence-corrected chi connectivity index (χ0v) is 19.6. The summed E-state index contributed by atoms with van der Waals surface area (Å²) >= 11 is 0. The number of ether oxygens (including phenoxy) is 2. The summed E-state index contributed by atoms with van der Waals surface area (Å²) in [5.41, 5.74) is 0.946. The standard InChI is InChI=1S/C25H29NO6S/c1-31-21-13-9-19(10-14-21)17-26(20-11-12-20)23(27)18-32-24(28)25(15-5-6-16-25)33(29,30)22-7-3-2-4-8-22/h2-4,7-10,13-14,20H,5-6,11-12,15-18H2,1H3. The molecule has 33 heavy (non-hydrogen) atoms. The highest BCUT2D eigenvalue weighted by Gasteiger charge is 2.54. The van der Waals surface area contributed by atoms with Crippen molar-refractivity contribution < 1.29 is 27.5 Å². The first-order chi connectivity index (χ1) is 15.9. The number of hydrogen-bond donors (Lipinski definition) is 0. The van der Waals surface area contributed by atoms with E-state index in [0.29, 0.717) is 19.4 Å². The number of rotatable bonds is 9. The largest absolute Gasteiger partial charge is 0.497 e. The number of carbonyl (C=O) groups excluding carboxylic acids is 2. The highest BCUT2D eigenvalue weighted by molar-refractivity contribution is 7.93. The molecule has 0 atom stereocenters. The molecule has 2 aromatic rings. The van der Waals surface area contributed by atoms with Crippen molar-refractivity contribution in [2.75, 3.05) is 13.7 Å². The van der Waals surface area contributed by atoms with Crippen LogP contribution in [0.25, 0.3) is 0 Å². The van der Waals surface area contributed by atoms with E-state index in [1.807, 2.05) is 24.3 Å². The lowest BCUT2D eigenvalue weighted by Crippen LogP contribution is -2.46. The van der Waals surface area contributed by atoms with Crippen molar-refractivity contribution in [3.05, 3.63) is 60.2 Å². The first kappa shape index (κ1) is 23.3. The number of nitrogens with zero attached hydrogens (tertiary/aromatic N) is 1. The van der Waals surface area contributed by atoms with Crippen molar-refractivity contribution in [1.29, 1.82) is 0 Å². The topological polar surface area (TPSA) is 90.0 Å². The second-order valence-electron chi connectivity index (χ2n) is 8.69. The van der Waals surface area contributed by atoms with Crippen LogP contribution in [0.1, 0.15) is 44.1 Å². The van der Waals surface area contributed by atoms with E-state index in [-0.39, 0.29) is 29.7 Å². The lowest BCUT2D eigenvalue weighted by molar-refractivity contribution is -0.154. The molecule has 0 aliphatic heterocycles. The number of esters is 1. The fourth-order valence-corrected chi connectivity index (χ4v) is 6.50. The van der Waals surface area contributed by atoms with E-state index < -0.39 is 27.2 Å². The summed E-state index contributed by atoms with van der Waals surface area (Å²) in [6.45, 7) is -0.0595. The van der Waals surface area contributed by atoms with Gasteiger partial charge < -0.3 is 14.4 Å². The van der Waals surface area contributed by atoms with Gasteiger partial charge in [0.05, 0.1) is 12.0 Å². The average molecular weight is 472 g/mol. The molecule has 2 aliphatic carbocycles. The summed E-state index contributed by atoms with van der Waals surface area (Å²) in [5, 5.41) is 0. The van der Waals surface area contributed by atoms with Crippen molar-refractivity contribution in [3.63, 3.8) is 0 Å². The molecule has 4 rings (SSSR count). The van der Waals surface area contributed by atoms with Crippen LogP contribution in [0.5, 0.6) is 5.75 Å². The summed E-state index contributed by atoms with van der Waals surface area (Å²) in [6, 6.07) is 15.6. The second-order valence-corrected chi connectivity index (χ2v) is 11.0. The minimum absolute atomic E-state index is 0.106. The Kier molecular flexibility index (Phi) is 6.74. The molecule has 0 aromatic heterocycles. The van der Waals surface area contributed by atoms with E-state index in [0.717, 1.165) is 24.2 Å². The maximum absolute atomic E-state index is 13.4. The van der Waals surface area contributed by atoms with E-state index in [1.165, 1.54) is 12.1 Å². The number of amides is 1. The zero-order chi connectivity index (χ0) is 23.5. The van der Waals surface area contributed by atoms with Crippen LogP contribution in [0, 0.1) is 0 Å². The Morgan fingerprint density at radius 1 is 1.00 bits per heavy atom. The van der Waals surface area contributed by atoms with Crippen LogP contribution in [0.4, 0.5) is 0 Å². The molecule has 2 aromatic carbocycles. The van der Waals surface area contributed by atoms with Crippen LogP contribution in [-0.2, 0) is 30.7 Å². The predicted molar refractivity (Wildman–Crippen MR) is 122 cm³/mol. The molecule has 0 spiro atoms. The fourth-order valence-electron chi connectivity index (χ4n) is 4.43. The maximum Gasteiger partial charge on any atom is 0.328 e. The van der Waals surface area contributed by atoms with Crippen molar-refractivity contribution in [2.24, 2.45) is 0 Å². The Labute approximate surface area is 194 Å². The molecule has 7 nitrogen and oxygen atoms in total. The maximum atomic E-state index is 13.4. The number of hydrogen-bond acceptors (Lipinski definition) is 6. The molecule has 176 valence electrons. The van der Waals surface area contributed by atoms with Gasteiger partial charge in [-0.25, -0.2) is 8.42 Å². The monoisotopic (exact) mass is 471 g/mol. The molecule has 0 N–H and O–H groups in total. The first-order valence-electron chi connectivity index (χ1n) is 11.3. The summed E-state index contributed by atoms with van der Waals surface area (Å²) in [6.07, 6.45) is 3.47. The molecule has 2 saturated carbocycles. The van der Waals surface area contributed by atoms with Gasteiger partial charge in [0.25, 0.3) is 5.91 Å². The first-order valence-corrected chi connectivity index (χ1v) is 12.7. The van der Waals surface area contributed by atoms with Crippen LogP contribution in [0.3, 0.4) is 0 Å². The summed E-state index contributed by atoms with van der Waals surface area (Å²) < 4.78 is 35.7. The number of benzene rings is 2. The minimum atomic E-state index is -3.94. The lowest BCUT2D eigenvalue weighted by Gasteiger charge is -2.28. The third kappa shape index (κ3) is 4.76. The highest BCUT2D eigenvalue weighted by Crippen LogP contribution is 2.41. The Balaban J connectivity index is 1.46. The molecule has 0 bridgehead atoms. The van der Waals surface area contributed by atoms with Crippen LogP contribution in [0.2, 0.25) is 0 Å². The normalized spacial score (nSPS) is 17.4. The molecule has 0 radical (unpaired) electrons. The Morgan fingerprint density at radius 2 is 1.64 bits per heavy atom.